The molecule has 0 bridgehead atoms. The molecule has 86 valence electrons. The number of amides is 1. The first kappa shape index (κ1) is 12.2. The van der Waals surface area contributed by atoms with E-state index >= 15 is 0 Å². The van der Waals surface area contributed by atoms with Gasteiger partial charge in [0, 0.05) is 12.3 Å². The number of nitrogens with two attached hydrogens (primary N) is 1. The number of Topliss-reactive ketones (excluding diaryl/α,β-unsaturated/α-hetero) is 1. The van der Waals surface area contributed by atoms with Crippen molar-refractivity contribution in [1.82, 2.24) is 0 Å². The van der Waals surface area contributed by atoms with Crippen molar-refractivity contribution in [1.29, 1.82) is 5.26 Å². The van der Waals surface area contributed by atoms with Crippen molar-refractivity contribution in [2.24, 2.45) is 11.7 Å². The van der Waals surface area contributed by atoms with Crippen molar-refractivity contribution in [3.05, 3.63) is 11.1 Å². The van der Waals surface area contributed by atoms with Crippen LogP contribution in [0.2, 0.25) is 0 Å². The van der Waals surface area contributed by atoms with Gasteiger partial charge in [0.2, 0.25) is 0 Å². The molecule has 2 unspecified atom stereocenters. The molecule has 0 heterocycles. The van der Waals surface area contributed by atoms with Crippen LogP contribution in [-0.2, 0) is 9.53 Å². The number of rotatable bonds is 1. The standard InChI is InChI=1S/C11H14N2O3/c1-6-4-11(3,16-10(13)15)7(2)8(5-12)9(6)14/h6H,4H2,1-3H3,(H2,13,15). The zero-order valence-corrected chi connectivity index (χ0v) is 9.53. The van der Waals surface area contributed by atoms with Gasteiger partial charge in [0.15, 0.2) is 5.78 Å². The first-order chi connectivity index (χ1) is 7.31. The lowest BCUT2D eigenvalue weighted by atomic mass is 9.75. The summed E-state index contributed by atoms with van der Waals surface area (Å²) in [6.45, 7) is 4.98. The van der Waals surface area contributed by atoms with Gasteiger partial charge in [0.1, 0.15) is 11.7 Å². The van der Waals surface area contributed by atoms with Crippen LogP contribution in [0, 0.1) is 17.2 Å². The predicted octanol–water partition coefficient (Wildman–Crippen LogP) is 1.29. The highest BCUT2D eigenvalue weighted by Gasteiger charge is 2.42. The second-order valence-corrected chi connectivity index (χ2v) is 4.23. The van der Waals surface area contributed by atoms with Crippen LogP contribution in [0.4, 0.5) is 4.79 Å². The van der Waals surface area contributed by atoms with Crippen molar-refractivity contribution in [3.8, 4) is 6.07 Å². The van der Waals surface area contributed by atoms with Gasteiger partial charge in [-0.15, -0.1) is 0 Å². The molecule has 0 saturated heterocycles. The summed E-state index contributed by atoms with van der Waals surface area (Å²) in [6, 6.07) is 1.86. The minimum Gasteiger partial charge on any atom is -0.439 e. The van der Waals surface area contributed by atoms with E-state index < -0.39 is 11.7 Å². The molecule has 1 aliphatic carbocycles. The van der Waals surface area contributed by atoms with E-state index in [4.69, 9.17) is 15.7 Å². The van der Waals surface area contributed by atoms with Gasteiger partial charge >= 0.3 is 6.09 Å². The SMILES string of the molecule is CC1=C(C#N)C(=O)C(C)CC1(C)OC(N)=O. The first-order valence-electron chi connectivity index (χ1n) is 4.96. The number of carbonyl (C=O) groups is 2. The van der Waals surface area contributed by atoms with Crippen LogP contribution in [0.5, 0.6) is 0 Å². The monoisotopic (exact) mass is 222 g/mol. The largest absolute Gasteiger partial charge is 0.439 e. The second-order valence-electron chi connectivity index (χ2n) is 4.23. The van der Waals surface area contributed by atoms with Crippen LogP contribution in [0.1, 0.15) is 27.2 Å². The predicted molar refractivity (Wildman–Crippen MR) is 56.2 cm³/mol. The van der Waals surface area contributed by atoms with Crippen LogP contribution in [-0.4, -0.2) is 17.5 Å². The van der Waals surface area contributed by atoms with Gasteiger partial charge in [0.25, 0.3) is 0 Å². The number of primary amides is 1. The maximum Gasteiger partial charge on any atom is 0.405 e. The van der Waals surface area contributed by atoms with E-state index in [-0.39, 0.29) is 17.3 Å². The number of nitrogens with zero attached hydrogens (tertiary/aromatic N) is 1. The summed E-state index contributed by atoms with van der Waals surface area (Å²) in [6.07, 6.45) is -0.549. The van der Waals surface area contributed by atoms with E-state index in [2.05, 4.69) is 0 Å². The molecular formula is C11H14N2O3. The molecule has 0 saturated carbocycles. The van der Waals surface area contributed by atoms with Crippen LogP contribution >= 0.6 is 0 Å². The summed E-state index contributed by atoms with van der Waals surface area (Å²) in [5.74, 6) is -0.548. The van der Waals surface area contributed by atoms with Gasteiger partial charge in [-0.3, -0.25) is 4.79 Å². The fourth-order valence-electron chi connectivity index (χ4n) is 2.00. The summed E-state index contributed by atoms with van der Waals surface area (Å²) in [7, 11) is 0. The normalized spacial score (nSPS) is 29.9. The molecule has 0 spiro atoms. The molecule has 5 nitrogen and oxygen atoms in total. The number of ketones is 1. The molecule has 0 aromatic heterocycles. The minimum atomic E-state index is -0.954. The molecule has 5 heteroatoms. The van der Waals surface area contributed by atoms with E-state index in [0.29, 0.717) is 12.0 Å². The molecular weight excluding hydrogens is 208 g/mol. The van der Waals surface area contributed by atoms with E-state index in [9.17, 15) is 9.59 Å². The summed E-state index contributed by atoms with van der Waals surface area (Å²) in [5, 5.41) is 8.92. The lowest BCUT2D eigenvalue weighted by Crippen LogP contribution is -2.43. The Morgan fingerprint density at radius 1 is 1.69 bits per heavy atom. The minimum absolute atomic E-state index is 0.0718. The Kier molecular flexibility index (Phi) is 3.04. The molecule has 0 aromatic rings. The Balaban J connectivity index is 3.24. The average Bonchev–Trinajstić information content (AvgIpc) is 2.15. The highest BCUT2D eigenvalue weighted by atomic mass is 16.6. The van der Waals surface area contributed by atoms with Crippen LogP contribution < -0.4 is 5.73 Å². The van der Waals surface area contributed by atoms with Gasteiger partial charge in [0.05, 0.1) is 5.57 Å². The smallest absolute Gasteiger partial charge is 0.405 e. The summed E-state index contributed by atoms with van der Waals surface area (Å²) < 4.78 is 5.02. The lowest BCUT2D eigenvalue weighted by Gasteiger charge is -2.36. The molecule has 2 N–H and O–H groups in total. The molecule has 0 aliphatic heterocycles. The van der Waals surface area contributed by atoms with E-state index in [1.807, 2.05) is 6.07 Å². The van der Waals surface area contributed by atoms with Crippen molar-refractivity contribution >= 4 is 11.9 Å². The quantitative estimate of drug-likeness (QED) is 0.723. The summed E-state index contributed by atoms with van der Waals surface area (Å²) >= 11 is 0. The highest BCUT2D eigenvalue weighted by molar-refractivity contribution is 6.02. The van der Waals surface area contributed by atoms with Crippen LogP contribution in [0.3, 0.4) is 0 Å². The molecule has 0 radical (unpaired) electrons. The lowest BCUT2D eigenvalue weighted by molar-refractivity contribution is -0.121. The van der Waals surface area contributed by atoms with Crippen molar-refractivity contribution in [2.45, 2.75) is 32.8 Å². The Labute approximate surface area is 93.9 Å². The van der Waals surface area contributed by atoms with Gasteiger partial charge < -0.3 is 10.5 Å². The van der Waals surface area contributed by atoms with Gasteiger partial charge in [-0.25, -0.2) is 4.79 Å². The second kappa shape index (κ2) is 3.97. The molecule has 2 atom stereocenters. The third kappa shape index (κ3) is 1.91. The Morgan fingerprint density at radius 3 is 2.69 bits per heavy atom. The average molecular weight is 222 g/mol. The molecule has 1 amide bonds. The third-order valence-electron chi connectivity index (χ3n) is 3.00. The fourth-order valence-corrected chi connectivity index (χ4v) is 2.00. The van der Waals surface area contributed by atoms with Gasteiger partial charge in [-0.05, 0) is 19.4 Å². The summed E-state index contributed by atoms with van der Waals surface area (Å²) in [4.78, 5) is 22.5. The van der Waals surface area contributed by atoms with Crippen LogP contribution in [0.15, 0.2) is 11.1 Å². The van der Waals surface area contributed by atoms with Crippen molar-refractivity contribution in [3.63, 3.8) is 0 Å². The fraction of sp³-hybridized carbons (Fsp3) is 0.545. The molecule has 1 aliphatic rings. The van der Waals surface area contributed by atoms with Gasteiger partial charge in [-0.1, -0.05) is 6.92 Å². The first-order valence-corrected chi connectivity index (χ1v) is 4.96. The molecule has 0 aromatic carbocycles. The zero-order valence-electron chi connectivity index (χ0n) is 9.53. The number of carbonyl (C=O) groups excluding carboxylic acids is 2. The third-order valence-corrected chi connectivity index (χ3v) is 3.00. The molecule has 0 fully saturated rings. The Morgan fingerprint density at radius 2 is 2.25 bits per heavy atom. The summed E-state index contributed by atoms with van der Waals surface area (Å²) in [5.41, 5.74) is 4.57. The number of nitriles is 1. The number of hydrogen-bond donors (Lipinski definition) is 1. The number of hydrogen-bond acceptors (Lipinski definition) is 4. The topological polar surface area (TPSA) is 93.2 Å². The zero-order chi connectivity index (χ0) is 12.5. The Bertz CT molecular complexity index is 419. The van der Waals surface area contributed by atoms with E-state index in [0.717, 1.165) is 0 Å². The maximum atomic E-state index is 11.7. The van der Waals surface area contributed by atoms with E-state index in [1.165, 1.54) is 0 Å². The van der Waals surface area contributed by atoms with Gasteiger partial charge in [-0.2, -0.15) is 5.26 Å². The number of ether oxygens (including phenoxy) is 1. The Hall–Kier alpha value is -1.83. The van der Waals surface area contributed by atoms with Crippen molar-refractivity contribution in [2.75, 3.05) is 0 Å². The maximum absolute atomic E-state index is 11.7. The molecule has 1 rings (SSSR count). The molecule has 16 heavy (non-hydrogen) atoms. The highest BCUT2D eigenvalue weighted by Crippen LogP contribution is 2.37. The van der Waals surface area contributed by atoms with E-state index in [1.54, 1.807) is 20.8 Å². The van der Waals surface area contributed by atoms with Crippen molar-refractivity contribution < 1.29 is 14.3 Å². The number of allylic oxidation sites excluding steroid dienone is 1. The van der Waals surface area contributed by atoms with Crippen LogP contribution in [0.25, 0.3) is 0 Å².